The van der Waals surface area contributed by atoms with Crippen LogP contribution in [0.15, 0.2) is 30.5 Å². The van der Waals surface area contributed by atoms with Crippen LogP contribution in [0.2, 0.25) is 0 Å². The molecule has 24 heavy (non-hydrogen) atoms. The van der Waals surface area contributed by atoms with Gasteiger partial charge in [-0.1, -0.05) is 18.2 Å². The molecule has 0 saturated carbocycles. The molecule has 1 aromatic carbocycles. The third kappa shape index (κ3) is 5.38. The zero-order valence-corrected chi connectivity index (χ0v) is 13.9. The van der Waals surface area contributed by atoms with Crippen LogP contribution in [0.5, 0.6) is 0 Å². The predicted octanol–water partition coefficient (Wildman–Crippen LogP) is 2.49. The van der Waals surface area contributed by atoms with Crippen LogP contribution < -0.4 is 5.32 Å². The number of hydrogen-bond acceptors (Lipinski definition) is 3. The van der Waals surface area contributed by atoms with E-state index in [4.69, 9.17) is 9.84 Å². The fourth-order valence-corrected chi connectivity index (χ4v) is 2.68. The highest BCUT2D eigenvalue weighted by Crippen LogP contribution is 2.19. The average molecular weight is 332 g/mol. The lowest BCUT2D eigenvalue weighted by Crippen LogP contribution is -2.39. The molecule has 2 rings (SSSR count). The van der Waals surface area contributed by atoms with Gasteiger partial charge in [-0.3, -0.25) is 9.59 Å². The highest BCUT2D eigenvalue weighted by atomic mass is 16.5. The number of ether oxygens (including phenoxy) is 1. The Kier molecular flexibility index (Phi) is 6.81. The lowest BCUT2D eigenvalue weighted by molar-refractivity contribution is -0.137. The number of carbonyl (C=O) groups excluding carboxylic acids is 1. The van der Waals surface area contributed by atoms with Gasteiger partial charge in [0.05, 0.1) is 12.6 Å². The first-order chi connectivity index (χ1) is 11.6. The number of rotatable bonds is 10. The van der Waals surface area contributed by atoms with Gasteiger partial charge in [0, 0.05) is 36.5 Å². The van der Waals surface area contributed by atoms with Crippen molar-refractivity contribution in [1.29, 1.82) is 0 Å². The topological polar surface area (TPSA) is 91.4 Å². The monoisotopic (exact) mass is 332 g/mol. The van der Waals surface area contributed by atoms with Crippen molar-refractivity contribution in [2.45, 2.75) is 38.6 Å². The molecular weight excluding hydrogens is 308 g/mol. The van der Waals surface area contributed by atoms with Crippen LogP contribution in [0.25, 0.3) is 10.9 Å². The Labute approximate surface area is 141 Å². The Morgan fingerprint density at radius 3 is 2.83 bits per heavy atom. The smallest absolute Gasteiger partial charge is 0.303 e. The van der Waals surface area contributed by atoms with Gasteiger partial charge in [0.15, 0.2) is 0 Å². The van der Waals surface area contributed by atoms with Crippen LogP contribution in [-0.4, -0.2) is 41.2 Å². The molecule has 0 aliphatic heterocycles. The summed E-state index contributed by atoms with van der Waals surface area (Å²) in [7, 11) is 0. The fraction of sp³-hybridized carbons (Fsp3) is 0.444. The average Bonchev–Trinajstić information content (AvgIpc) is 2.95. The van der Waals surface area contributed by atoms with Gasteiger partial charge >= 0.3 is 5.97 Å². The first-order valence-electron chi connectivity index (χ1n) is 8.24. The van der Waals surface area contributed by atoms with Crippen LogP contribution in [0.4, 0.5) is 0 Å². The number of hydrogen-bond donors (Lipinski definition) is 3. The van der Waals surface area contributed by atoms with Gasteiger partial charge in [-0.05, 0) is 31.4 Å². The molecule has 3 N–H and O–H groups in total. The minimum atomic E-state index is -0.882. The number of aromatic nitrogens is 1. The van der Waals surface area contributed by atoms with Gasteiger partial charge in [0.1, 0.15) is 0 Å². The van der Waals surface area contributed by atoms with Crippen LogP contribution in [0, 0.1) is 0 Å². The lowest BCUT2D eigenvalue weighted by Gasteiger charge is -2.18. The Morgan fingerprint density at radius 2 is 2.08 bits per heavy atom. The Balaban J connectivity index is 1.97. The molecule has 1 unspecified atom stereocenters. The molecular formula is C18H24N2O4. The van der Waals surface area contributed by atoms with Crippen molar-refractivity contribution in [3.05, 3.63) is 36.0 Å². The first kappa shape index (κ1) is 18.0. The highest BCUT2D eigenvalue weighted by Gasteiger charge is 2.15. The van der Waals surface area contributed by atoms with Crippen molar-refractivity contribution >= 4 is 22.8 Å². The largest absolute Gasteiger partial charge is 0.481 e. The summed E-state index contributed by atoms with van der Waals surface area (Å²) in [5, 5.41) is 12.7. The summed E-state index contributed by atoms with van der Waals surface area (Å²) in [6, 6.07) is 7.89. The van der Waals surface area contributed by atoms with E-state index in [1.54, 1.807) is 0 Å². The second-order valence-corrected chi connectivity index (χ2v) is 5.73. The SMILES string of the molecule is CCOCC(Cc1c[nH]c2ccccc12)NC(=O)CCCC(=O)O. The molecule has 0 spiro atoms. The molecule has 1 atom stereocenters. The Hall–Kier alpha value is -2.34. The van der Waals surface area contributed by atoms with Crippen LogP contribution in [-0.2, 0) is 20.7 Å². The molecule has 0 bridgehead atoms. The number of para-hydroxylation sites is 1. The number of aromatic amines is 1. The molecule has 130 valence electrons. The summed E-state index contributed by atoms with van der Waals surface area (Å²) in [5.41, 5.74) is 2.19. The lowest BCUT2D eigenvalue weighted by atomic mass is 10.0. The van der Waals surface area contributed by atoms with Crippen LogP contribution in [0.3, 0.4) is 0 Å². The van der Waals surface area contributed by atoms with Gasteiger partial charge in [0.2, 0.25) is 5.91 Å². The molecule has 2 aromatic rings. The minimum absolute atomic E-state index is 0.00595. The molecule has 1 heterocycles. The molecule has 0 aliphatic carbocycles. The summed E-state index contributed by atoms with van der Waals surface area (Å²) >= 11 is 0. The number of nitrogens with one attached hydrogen (secondary N) is 2. The van der Waals surface area contributed by atoms with Gasteiger partial charge in [0.25, 0.3) is 0 Å². The standard InChI is InChI=1S/C18H24N2O4/c1-2-24-12-14(20-17(21)8-5-9-18(22)23)10-13-11-19-16-7-4-3-6-15(13)16/h3-4,6-7,11,14,19H,2,5,8-10,12H2,1H3,(H,20,21)(H,22,23). The minimum Gasteiger partial charge on any atom is -0.481 e. The molecule has 6 heteroatoms. The molecule has 0 saturated heterocycles. The number of benzene rings is 1. The van der Waals surface area contributed by atoms with E-state index in [2.05, 4.69) is 10.3 Å². The maximum Gasteiger partial charge on any atom is 0.303 e. The Bertz CT molecular complexity index is 680. The van der Waals surface area contributed by atoms with E-state index in [-0.39, 0.29) is 24.8 Å². The van der Waals surface area contributed by atoms with E-state index < -0.39 is 5.97 Å². The van der Waals surface area contributed by atoms with Crippen molar-refractivity contribution in [2.75, 3.05) is 13.2 Å². The maximum atomic E-state index is 12.0. The fourth-order valence-electron chi connectivity index (χ4n) is 2.68. The van der Waals surface area contributed by atoms with E-state index in [9.17, 15) is 9.59 Å². The third-order valence-corrected chi connectivity index (χ3v) is 3.82. The van der Waals surface area contributed by atoms with E-state index in [1.165, 1.54) is 0 Å². The summed E-state index contributed by atoms with van der Waals surface area (Å²) < 4.78 is 5.48. The van der Waals surface area contributed by atoms with Crippen LogP contribution >= 0.6 is 0 Å². The van der Waals surface area contributed by atoms with Crippen molar-refractivity contribution in [3.8, 4) is 0 Å². The van der Waals surface area contributed by atoms with Gasteiger partial charge in [-0.25, -0.2) is 0 Å². The molecule has 0 aliphatic rings. The zero-order valence-electron chi connectivity index (χ0n) is 13.9. The number of fused-ring (bicyclic) bond motifs is 1. The summed E-state index contributed by atoms with van der Waals surface area (Å²) in [5.74, 6) is -1.02. The van der Waals surface area contributed by atoms with Crippen molar-refractivity contribution in [1.82, 2.24) is 10.3 Å². The Morgan fingerprint density at radius 1 is 1.29 bits per heavy atom. The number of carboxylic acids is 1. The van der Waals surface area contributed by atoms with Gasteiger partial charge in [-0.2, -0.15) is 0 Å². The van der Waals surface area contributed by atoms with E-state index >= 15 is 0 Å². The van der Waals surface area contributed by atoms with Crippen LogP contribution in [0.1, 0.15) is 31.7 Å². The molecule has 1 amide bonds. The number of carbonyl (C=O) groups is 2. The number of amides is 1. The maximum absolute atomic E-state index is 12.0. The van der Waals surface area contributed by atoms with E-state index in [0.717, 1.165) is 16.5 Å². The van der Waals surface area contributed by atoms with Gasteiger partial charge < -0.3 is 20.1 Å². The van der Waals surface area contributed by atoms with Crippen molar-refractivity contribution in [3.63, 3.8) is 0 Å². The molecule has 0 fully saturated rings. The van der Waals surface area contributed by atoms with Crippen molar-refractivity contribution < 1.29 is 19.4 Å². The number of carboxylic acid groups (broad SMARTS) is 1. The number of aliphatic carboxylic acids is 1. The molecule has 0 radical (unpaired) electrons. The molecule has 1 aromatic heterocycles. The quantitative estimate of drug-likeness (QED) is 0.623. The second kappa shape index (κ2) is 9.08. The molecule has 6 nitrogen and oxygen atoms in total. The summed E-state index contributed by atoms with van der Waals surface area (Å²) in [6.45, 7) is 2.93. The third-order valence-electron chi connectivity index (χ3n) is 3.82. The van der Waals surface area contributed by atoms with E-state index in [0.29, 0.717) is 26.1 Å². The normalized spacial score (nSPS) is 12.2. The number of H-pyrrole nitrogens is 1. The summed E-state index contributed by atoms with van der Waals surface area (Å²) in [4.78, 5) is 25.8. The first-order valence-corrected chi connectivity index (χ1v) is 8.24. The second-order valence-electron chi connectivity index (χ2n) is 5.73. The highest BCUT2D eigenvalue weighted by molar-refractivity contribution is 5.83. The zero-order chi connectivity index (χ0) is 17.4. The predicted molar refractivity (Wildman–Crippen MR) is 91.9 cm³/mol. The van der Waals surface area contributed by atoms with E-state index in [1.807, 2.05) is 37.4 Å². The van der Waals surface area contributed by atoms with Gasteiger partial charge in [-0.15, -0.1) is 0 Å². The summed E-state index contributed by atoms with van der Waals surface area (Å²) in [6.07, 6.45) is 3.18. The van der Waals surface area contributed by atoms with Crippen molar-refractivity contribution in [2.24, 2.45) is 0 Å².